The van der Waals surface area contributed by atoms with Gasteiger partial charge in [-0.25, -0.2) is 4.98 Å². The number of carbonyl (C=O) groups excluding carboxylic acids is 1. The zero-order valence-corrected chi connectivity index (χ0v) is 16.4. The number of aromatic nitrogens is 2. The van der Waals surface area contributed by atoms with Crippen LogP contribution in [0.25, 0.3) is 11.0 Å². The third kappa shape index (κ3) is 5.54. The molecule has 2 aromatic carbocycles. The third-order valence-corrected chi connectivity index (χ3v) is 4.71. The summed E-state index contributed by atoms with van der Waals surface area (Å²) in [6.07, 6.45) is 1.97. The van der Waals surface area contributed by atoms with Crippen LogP contribution in [0.15, 0.2) is 48.5 Å². The fraction of sp³-hybridized carbons (Fsp3) is 0.333. The van der Waals surface area contributed by atoms with E-state index in [1.165, 1.54) is 12.1 Å². The molecule has 1 aromatic heterocycles. The van der Waals surface area contributed by atoms with Crippen LogP contribution in [-0.2, 0) is 11.3 Å². The smallest absolute Gasteiger partial charge is 0.269 e. The van der Waals surface area contributed by atoms with Crippen LogP contribution in [0.1, 0.15) is 25.1 Å². The molecule has 0 aliphatic rings. The van der Waals surface area contributed by atoms with Crippen molar-refractivity contribution in [2.45, 2.75) is 32.7 Å². The highest BCUT2D eigenvalue weighted by Gasteiger charge is 2.07. The summed E-state index contributed by atoms with van der Waals surface area (Å²) in [6.45, 7) is 4.07. The largest absolute Gasteiger partial charge is 0.385 e. The summed E-state index contributed by atoms with van der Waals surface area (Å²) in [6, 6.07) is 14.3. The number of nitrogens with zero attached hydrogens (tertiary/aromatic N) is 3. The van der Waals surface area contributed by atoms with Gasteiger partial charge in [-0.15, -0.1) is 0 Å². The molecule has 0 aliphatic heterocycles. The minimum atomic E-state index is -0.426. The number of non-ortho nitro benzene ring substituents is 1. The molecule has 152 valence electrons. The van der Waals surface area contributed by atoms with Gasteiger partial charge in [0, 0.05) is 43.9 Å². The zero-order valence-electron chi connectivity index (χ0n) is 16.4. The average molecular weight is 395 g/mol. The number of benzene rings is 2. The summed E-state index contributed by atoms with van der Waals surface area (Å²) in [5, 5.41) is 16.8. The molecule has 3 aromatic rings. The molecule has 3 rings (SSSR count). The van der Waals surface area contributed by atoms with Crippen molar-refractivity contribution in [1.29, 1.82) is 0 Å². The van der Waals surface area contributed by atoms with Crippen molar-refractivity contribution in [1.82, 2.24) is 14.9 Å². The third-order valence-electron chi connectivity index (χ3n) is 4.71. The van der Waals surface area contributed by atoms with Crippen molar-refractivity contribution in [2.24, 2.45) is 0 Å². The molecule has 2 N–H and O–H groups in total. The highest BCUT2D eigenvalue weighted by molar-refractivity contribution is 5.76. The standard InChI is InChI=1S/C21H25N5O3/c1-16-24-19-6-2-3-7-20(19)25(16)15-5-14-23-21(27)8-4-13-22-17-9-11-18(12-10-17)26(28)29/h2-3,6-7,9-12,22H,4-5,8,13-15H2,1H3,(H,23,27). The van der Waals surface area contributed by atoms with E-state index in [4.69, 9.17) is 0 Å². The van der Waals surface area contributed by atoms with Gasteiger partial charge in [-0.2, -0.15) is 0 Å². The van der Waals surface area contributed by atoms with Gasteiger partial charge in [0.15, 0.2) is 0 Å². The van der Waals surface area contributed by atoms with E-state index in [0.29, 0.717) is 25.9 Å². The summed E-state index contributed by atoms with van der Waals surface area (Å²) >= 11 is 0. The van der Waals surface area contributed by atoms with Gasteiger partial charge in [-0.3, -0.25) is 14.9 Å². The van der Waals surface area contributed by atoms with Crippen LogP contribution < -0.4 is 10.6 Å². The number of aryl methyl sites for hydroxylation is 2. The number of imidazole rings is 1. The van der Waals surface area contributed by atoms with Crippen molar-refractivity contribution >= 4 is 28.3 Å². The van der Waals surface area contributed by atoms with Crippen molar-refractivity contribution in [3.8, 4) is 0 Å². The second kappa shape index (κ2) is 9.68. The van der Waals surface area contributed by atoms with E-state index < -0.39 is 4.92 Å². The maximum Gasteiger partial charge on any atom is 0.269 e. The van der Waals surface area contributed by atoms with Crippen molar-refractivity contribution in [3.63, 3.8) is 0 Å². The Bertz CT molecular complexity index is 982. The van der Waals surface area contributed by atoms with Crippen molar-refractivity contribution < 1.29 is 9.72 Å². The van der Waals surface area contributed by atoms with Crippen LogP contribution in [0, 0.1) is 17.0 Å². The van der Waals surface area contributed by atoms with Gasteiger partial charge in [-0.1, -0.05) is 12.1 Å². The number of nitro groups is 1. The van der Waals surface area contributed by atoms with Crippen LogP contribution >= 0.6 is 0 Å². The highest BCUT2D eigenvalue weighted by Crippen LogP contribution is 2.16. The molecule has 29 heavy (non-hydrogen) atoms. The van der Waals surface area contributed by atoms with Crippen LogP contribution in [0.5, 0.6) is 0 Å². The van der Waals surface area contributed by atoms with Crippen molar-refractivity contribution in [2.75, 3.05) is 18.4 Å². The summed E-state index contributed by atoms with van der Waals surface area (Å²) < 4.78 is 2.18. The molecule has 0 saturated heterocycles. The van der Waals surface area contributed by atoms with Gasteiger partial charge in [0.1, 0.15) is 5.82 Å². The molecule has 0 unspecified atom stereocenters. The summed E-state index contributed by atoms with van der Waals surface area (Å²) in [4.78, 5) is 26.7. The fourth-order valence-electron chi connectivity index (χ4n) is 3.21. The first-order valence-corrected chi connectivity index (χ1v) is 9.71. The molecule has 8 nitrogen and oxygen atoms in total. The van der Waals surface area contributed by atoms with Crippen LogP contribution in [0.3, 0.4) is 0 Å². The van der Waals surface area contributed by atoms with E-state index in [2.05, 4.69) is 26.3 Å². The van der Waals surface area contributed by atoms with Gasteiger partial charge >= 0.3 is 0 Å². The zero-order chi connectivity index (χ0) is 20.6. The Morgan fingerprint density at radius 2 is 1.86 bits per heavy atom. The van der Waals surface area contributed by atoms with Gasteiger partial charge in [0.05, 0.1) is 16.0 Å². The summed E-state index contributed by atoms with van der Waals surface area (Å²) in [5.41, 5.74) is 2.98. The molecular weight excluding hydrogens is 370 g/mol. The lowest BCUT2D eigenvalue weighted by atomic mass is 10.2. The molecular formula is C21H25N5O3. The van der Waals surface area contributed by atoms with E-state index in [1.54, 1.807) is 12.1 Å². The molecule has 0 atom stereocenters. The van der Waals surface area contributed by atoms with Gasteiger partial charge in [0.25, 0.3) is 5.69 Å². The fourth-order valence-corrected chi connectivity index (χ4v) is 3.21. The Hall–Kier alpha value is -3.42. The lowest BCUT2D eigenvalue weighted by molar-refractivity contribution is -0.384. The van der Waals surface area contributed by atoms with E-state index in [0.717, 1.165) is 35.5 Å². The summed E-state index contributed by atoms with van der Waals surface area (Å²) in [5.74, 6) is 1.01. The van der Waals surface area contributed by atoms with Gasteiger partial charge in [0.2, 0.25) is 5.91 Å². The number of rotatable bonds is 10. The highest BCUT2D eigenvalue weighted by atomic mass is 16.6. The Morgan fingerprint density at radius 1 is 1.10 bits per heavy atom. The Morgan fingerprint density at radius 3 is 2.62 bits per heavy atom. The van der Waals surface area contributed by atoms with Crippen LogP contribution in [-0.4, -0.2) is 33.5 Å². The average Bonchev–Trinajstić information content (AvgIpc) is 3.04. The summed E-state index contributed by atoms with van der Waals surface area (Å²) in [7, 11) is 0. The maximum absolute atomic E-state index is 12.0. The molecule has 0 aliphatic carbocycles. The Kier molecular flexibility index (Phi) is 6.78. The molecule has 0 spiro atoms. The van der Waals surface area contributed by atoms with Gasteiger partial charge < -0.3 is 15.2 Å². The number of para-hydroxylation sites is 2. The molecule has 0 fully saturated rings. The molecule has 0 saturated carbocycles. The minimum absolute atomic E-state index is 0.0303. The molecule has 8 heteroatoms. The second-order valence-electron chi connectivity index (χ2n) is 6.84. The number of amides is 1. The van der Waals surface area contributed by atoms with Crippen LogP contribution in [0.4, 0.5) is 11.4 Å². The number of hydrogen-bond acceptors (Lipinski definition) is 5. The first kappa shape index (κ1) is 20.3. The minimum Gasteiger partial charge on any atom is -0.385 e. The number of hydrogen-bond donors (Lipinski definition) is 2. The first-order valence-electron chi connectivity index (χ1n) is 9.71. The predicted octanol–water partition coefficient (Wildman–Crippen LogP) is 3.65. The molecule has 0 radical (unpaired) electrons. The number of fused-ring (bicyclic) bond motifs is 1. The Balaban J connectivity index is 1.32. The van der Waals surface area contributed by atoms with E-state index >= 15 is 0 Å². The Labute approximate surface area is 169 Å². The topological polar surface area (TPSA) is 102 Å². The normalized spacial score (nSPS) is 10.8. The predicted molar refractivity (Wildman–Crippen MR) is 113 cm³/mol. The van der Waals surface area contributed by atoms with Crippen LogP contribution in [0.2, 0.25) is 0 Å². The second-order valence-corrected chi connectivity index (χ2v) is 6.84. The molecule has 0 bridgehead atoms. The molecule has 1 heterocycles. The number of anilines is 1. The lowest BCUT2D eigenvalue weighted by Gasteiger charge is -2.09. The SMILES string of the molecule is Cc1nc2ccccc2n1CCCNC(=O)CCCNc1ccc([N+](=O)[O-])cc1. The number of nitrogens with one attached hydrogen (secondary N) is 2. The van der Waals surface area contributed by atoms with E-state index in [-0.39, 0.29) is 11.6 Å². The monoisotopic (exact) mass is 395 g/mol. The van der Waals surface area contributed by atoms with E-state index in [9.17, 15) is 14.9 Å². The maximum atomic E-state index is 12.0. The van der Waals surface area contributed by atoms with Gasteiger partial charge in [-0.05, 0) is 44.0 Å². The number of nitro benzene ring substituents is 1. The van der Waals surface area contributed by atoms with Crippen molar-refractivity contribution in [3.05, 3.63) is 64.5 Å². The first-order chi connectivity index (χ1) is 14.0. The van der Waals surface area contributed by atoms with E-state index in [1.807, 2.05) is 25.1 Å². The quantitative estimate of drug-likeness (QED) is 0.310. The number of carbonyl (C=O) groups is 1. The lowest BCUT2D eigenvalue weighted by Crippen LogP contribution is -2.25. The molecule has 1 amide bonds.